The fourth-order valence-corrected chi connectivity index (χ4v) is 2.65. The second kappa shape index (κ2) is 10.8. The number of amides is 2. The highest BCUT2D eigenvalue weighted by molar-refractivity contribution is 7.80. The first-order valence-electron chi connectivity index (χ1n) is 8.74. The molecule has 0 saturated carbocycles. The molecule has 11 heteroatoms. The zero-order valence-corrected chi connectivity index (χ0v) is 18.0. The molecule has 2 aromatic carbocycles. The van der Waals surface area contributed by atoms with Crippen molar-refractivity contribution in [2.75, 3.05) is 28.4 Å². The molecule has 0 bridgehead atoms. The number of carbonyl (C=O) groups is 3. The van der Waals surface area contributed by atoms with Crippen LogP contribution in [0.15, 0.2) is 36.4 Å². The molecule has 2 aromatic rings. The van der Waals surface area contributed by atoms with Gasteiger partial charge in [-0.15, -0.1) is 0 Å². The first kappa shape index (κ1) is 23.4. The third kappa shape index (κ3) is 5.82. The minimum atomic E-state index is -0.578. The van der Waals surface area contributed by atoms with Crippen molar-refractivity contribution in [3.63, 3.8) is 0 Å². The van der Waals surface area contributed by atoms with E-state index in [-0.39, 0.29) is 21.8 Å². The Labute approximate surface area is 183 Å². The van der Waals surface area contributed by atoms with Crippen molar-refractivity contribution in [1.29, 1.82) is 0 Å². The highest BCUT2D eigenvalue weighted by atomic mass is 32.1. The summed E-state index contributed by atoms with van der Waals surface area (Å²) in [4.78, 5) is 36.4. The second-order valence-electron chi connectivity index (χ2n) is 5.85. The molecule has 10 nitrogen and oxygen atoms in total. The first-order chi connectivity index (χ1) is 14.8. The molecule has 31 heavy (non-hydrogen) atoms. The first-order valence-corrected chi connectivity index (χ1v) is 9.15. The number of esters is 1. The number of methoxy groups -OCH3 is 4. The Morgan fingerprint density at radius 3 is 1.94 bits per heavy atom. The van der Waals surface area contributed by atoms with Gasteiger partial charge in [0.2, 0.25) is 5.75 Å². The van der Waals surface area contributed by atoms with Gasteiger partial charge in [-0.25, -0.2) is 4.79 Å². The molecule has 0 unspecified atom stereocenters. The summed E-state index contributed by atoms with van der Waals surface area (Å²) in [6, 6.07) is 8.81. The molecule has 2 amide bonds. The van der Waals surface area contributed by atoms with Crippen molar-refractivity contribution in [2.45, 2.75) is 0 Å². The number of hydrazine groups is 1. The summed E-state index contributed by atoms with van der Waals surface area (Å²) in [7, 11) is 5.54. The highest BCUT2D eigenvalue weighted by Gasteiger charge is 2.17. The van der Waals surface area contributed by atoms with Gasteiger partial charge in [-0.3, -0.25) is 25.8 Å². The van der Waals surface area contributed by atoms with E-state index in [1.807, 2.05) is 0 Å². The normalized spacial score (nSPS) is 9.81. The molecule has 0 spiro atoms. The SMILES string of the molecule is COC(=O)c1cccc(C(=O)NC(=S)NNC(=O)c2cc(OC)c(OC)c(OC)c2)c1. The number of nitrogens with one attached hydrogen (secondary N) is 3. The summed E-state index contributed by atoms with van der Waals surface area (Å²) in [5.74, 6) is -0.782. The maximum absolute atomic E-state index is 12.4. The van der Waals surface area contributed by atoms with Crippen LogP contribution in [0.1, 0.15) is 31.1 Å². The minimum absolute atomic E-state index is 0.158. The van der Waals surface area contributed by atoms with Crippen LogP contribution in [-0.2, 0) is 4.74 Å². The molecule has 0 aromatic heterocycles. The predicted octanol–water partition coefficient (Wildman–Crippen LogP) is 1.45. The number of rotatable bonds is 6. The Hall–Kier alpha value is -3.86. The Morgan fingerprint density at radius 1 is 0.774 bits per heavy atom. The van der Waals surface area contributed by atoms with Gasteiger partial charge >= 0.3 is 5.97 Å². The smallest absolute Gasteiger partial charge is 0.337 e. The van der Waals surface area contributed by atoms with Crippen LogP contribution in [0.5, 0.6) is 17.2 Å². The number of hydrogen-bond acceptors (Lipinski definition) is 8. The number of hydrogen-bond donors (Lipinski definition) is 3. The van der Waals surface area contributed by atoms with Crippen LogP contribution in [0.3, 0.4) is 0 Å². The highest BCUT2D eigenvalue weighted by Crippen LogP contribution is 2.38. The molecule has 164 valence electrons. The van der Waals surface area contributed by atoms with Gasteiger partial charge in [-0.2, -0.15) is 0 Å². The fourth-order valence-electron chi connectivity index (χ4n) is 2.51. The molecular formula is C20H21N3O7S. The Balaban J connectivity index is 2.02. The fraction of sp³-hybridized carbons (Fsp3) is 0.200. The number of ether oxygens (including phenoxy) is 4. The van der Waals surface area contributed by atoms with E-state index in [0.717, 1.165) is 0 Å². The maximum atomic E-state index is 12.4. The number of carbonyl (C=O) groups excluding carboxylic acids is 3. The van der Waals surface area contributed by atoms with E-state index in [1.165, 1.54) is 64.8 Å². The van der Waals surface area contributed by atoms with Crippen molar-refractivity contribution in [1.82, 2.24) is 16.2 Å². The lowest BCUT2D eigenvalue weighted by Gasteiger charge is -2.15. The molecule has 0 fully saturated rings. The van der Waals surface area contributed by atoms with Crippen LogP contribution in [-0.4, -0.2) is 51.3 Å². The Morgan fingerprint density at radius 2 is 1.39 bits per heavy atom. The summed E-state index contributed by atoms with van der Waals surface area (Å²) in [6.45, 7) is 0. The van der Waals surface area contributed by atoms with E-state index in [9.17, 15) is 14.4 Å². The topological polar surface area (TPSA) is 124 Å². The molecule has 0 saturated heterocycles. The van der Waals surface area contributed by atoms with Crippen molar-refractivity contribution >= 4 is 35.1 Å². The second-order valence-corrected chi connectivity index (χ2v) is 6.26. The molecule has 3 N–H and O–H groups in total. The van der Waals surface area contributed by atoms with E-state index in [1.54, 1.807) is 0 Å². The molecule has 0 aliphatic heterocycles. The summed E-state index contributed by atoms with van der Waals surface area (Å²) >= 11 is 5.02. The van der Waals surface area contributed by atoms with E-state index in [2.05, 4.69) is 20.9 Å². The molecular weight excluding hydrogens is 426 g/mol. The van der Waals surface area contributed by atoms with Crippen LogP contribution in [0.2, 0.25) is 0 Å². The predicted molar refractivity (Wildman–Crippen MR) is 115 cm³/mol. The van der Waals surface area contributed by atoms with Gasteiger partial charge in [0, 0.05) is 11.1 Å². The average Bonchev–Trinajstić information content (AvgIpc) is 2.80. The van der Waals surface area contributed by atoms with Crippen molar-refractivity contribution in [3.8, 4) is 17.2 Å². The minimum Gasteiger partial charge on any atom is -0.493 e. The Bertz CT molecular complexity index is 985. The summed E-state index contributed by atoms with van der Waals surface area (Å²) in [5.41, 5.74) is 5.38. The summed E-state index contributed by atoms with van der Waals surface area (Å²) in [5, 5.41) is 2.24. The summed E-state index contributed by atoms with van der Waals surface area (Å²) < 4.78 is 20.3. The molecule has 0 radical (unpaired) electrons. The van der Waals surface area contributed by atoms with E-state index in [4.69, 9.17) is 26.4 Å². The molecule has 0 atom stereocenters. The monoisotopic (exact) mass is 447 g/mol. The third-order valence-corrected chi connectivity index (χ3v) is 4.19. The lowest BCUT2D eigenvalue weighted by Crippen LogP contribution is -2.48. The van der Waals surface area contributed by atoms with Crippen molar-refractivity contribution < 1.29 is 33.3 Å². The number of benzene rings is 2. The molecule has 0 heterocycles. The van der Waals surface area contributed by atoms with Gasteiger partial charge in [0.25, 0.3) is 11.8 Å². The van der Waals surface area contributed by atoms with Crippen molar-refractivity contribution in [3.05, 3.63) is 53.1 Å². The van der Waals surface area contributed by atoms with Gasteiger partial charge in [0.05, 0.1) is 34.0 Å². The average molecular weight is 447 g/mol. The number of thiocarbonyl (C=S) groups is 1. The standard InChI is InChI=1S/C20H21N3O7S/c1-27-14-9-13(10-15(28-2)16(14)29-3)18(25)22-23-20(31)21-17(24)11-6-5-7-12(8-11)19(26)30-4/h5-10H,1-4H3,(H,22,25)(H2,21,23,24,31). The lowest BCUT2D eigenvalue weighted by molar-refractivity contribution is 0.0600. The van der Waals surface area contributed by atoms with E-state index >= 15 is 0 Å². The Kier molecular flexibility index (Phi) is 8.15. The third-order valence-electron chi connectivity index (χ3n) is 3.99. The van der Waals surface area contributed by atoms with Crippen LogP contribution in [0.4, 0.5) is 0 Å². The zero-order valence-electron chi connectivity index (χ0n) is 17.2. The summed E-state index contributed by atoms with van der Waals surface area (Å²) in [6.07, 6.45) is 0. The van der Waals surface area contributed by atoms with E-state index in [0.29, 0.717) is 17.2 Å². The molecule has 0 aliphatic rings. The zero-order chi connectivity index (χ0) is 23.0. The van der Waals surface area contributed by atoms with Crippen LogP contribution >= 0.6 is 12.2 Å². The quantitative estimate of drug-likeness (QED) is 0.343. The van der Waals surface area contributed by atoms with E-state index < -0.39 is 17.8 Å². The van der Waals surface area contributed by atoms with Gasteiger partial charge < -0.3 is 18.9 Å². The van der Waals surface area contributed by atoms with Crippen LogP contribution in [0, 0.1) is 0 Å². The van der Waals surface area contributed by atoms with Crippen LogP contribution < -0.4 is 30.4 Å². The van der Waals surface area contributed by atoms with Crippen LogP contribution in [0.25, 0.3) is 0 Å². The largest absolute Gasteiger partial charge is 0.493 e. The lowest BCUT2D eigenvalue weighted by atomic mass is 10.1. The molecule has 2 rings (SSSR count). The van der Waals surface area contributed by atoms with Crippen molar-refractivity contribution in [2.24, 2.45) is 0 Å². The van der Waals surface area contributed by atoms with Gasteiger partial charge in [0.15, 0.2) is 16.6 Å². The molecule has 0 aliphatic carbocycles. The van der Waals surface area contributed by atoms with Gasteiger partial charge in [0.1, 0.15) is 0 Å². The van der Waals surface area contributed by atoms with Gasteiger partial charge in [-0.05, 0) is 42.5 Å². The van der Waals surface area contributed by atoms with Gasteiger partial charge in [-0.1, -0.05) is 6.07 Å². The maximum Gasteiger partial charge on any atom is 0.337 e.